The van der Waals surface area contributed by atoms with E-state index in [1.54, 1.807) is 0 Å². The lowest BCUT2D eigenvalue weighted by Crippen LogP contribution is -2.19. The van der Waals surface area contributed by atoms with Crippen molar-refractivity contribution in [1.82, 2.24) is 15.1 Å². The molecule has 2 aromatic rings. The molecular formula is C15H19N3O2. The monoisotopic (exact) mass is 273 g/mol. The van der Waals surface area contributed by atoms with Crippen LogP contribution in [0.2, 0.25) is 0 Å². The Bertz CT molecular complexity index is 580. The van der Waals surface area contributed by atoms with Crippen molar-refractivity contribution >= 4 is 0 Å². The summed E-state index contributed by atoms with van der Waals surface area (Å²) >= 11 is 0. The Balaban J connectivity index is 1.50. The number of nitrogens with zero attached hydrogens (tertiary/aromatic N) is 2. The Morgan fingerprint density at radius 1 is 1.20 bits per heavy atom. The molecule has 0 fully saturated rings. The quantitative estimate of drug-likeness (QED) is 0.839. The second-order valence-corrected chi connectivity index (χ2v) is 4.85. The first kappa shape index (κ1) is 13.0. The SMILES string of the molecule is Cn1nccc1CCNCc1ccc2c(c1)OCCO2. The van der Waals surface area contributed by atoms with Gasteiger partial charge in [-0.1, -0.05) is 6.07 Å². The van der Waals surface area contributed by atoms with E-state index in [2.05, 4.69) is 16.5 Å². The normalized spacial score (nSPS) is 13.4. The molecule has 0 aliphatic carbocycles. The van der Waals surface area contributed by atoms with E-state index in [1.165, 1.54) is 11.3 Å². The van der Waals surface area contributed by atoms with E-state index in [9.17, 15) is 0 Å². The summed E-state index contributed by atoms with van der Waals surface area (Å²) in [5.41, 5.74) is 2.44. The number of ether oxygens (including phenoxy) is 2. The lowest BCUT2D eigenvalue weighted by Gasteiger charge is -2.19. The fourth-order valence-electron chi connectivity index (χ4n) is 2.29. The Morgan fingerprint density at radius 2 is 2.05 bits per heavy atom. The van der Waals surface area contributed by atoms with Gasteiger partial charge in [0.05, 0.1) is 0 Å². The maximum Gasteiger partial charge on any atom is 0.161 e. The Hall–Kier alpha value is -2.01. The molecule has 0 bridgehead atoms. The van der Waals surface area contributed by atoms with Crippen molar-refractivity contribution < 1.29 is 9.47 Å². The topological polar surface area (TPSA) is 48.3 Å². The van der Waals surface area contributed by atoms with Crippen molar-refractivity contribution in [2.75, 3.05) is 19.8 Å². The van der Waals surface area contributed by atoms with Gasteiger partial charge in [-0.25, -0.2) is 0 Å². The molecule has 0 unspecified atom stereocenters. The number of benzene rings is 1. The summed E-state index contributed by atoms with van der Waals surface area (Å²) in [5, 5.41) is 7.60. The van der Waals surface area contributed by atoms with Crippen LogP contribution in [0.5, 0.6) is 11.5 Å². The van der Waals surface area contributed by atoms with Crippen molar-refractivity contribution in [1.29, 1.82) is 0 Å². The fraction of sp³-hybridized carbons (Fsp3) is 0.400. The fourth-order valence-corrected chi connectivity index (χ4v) is 2.29. The second-order valence-electron chi connectivity index (χ2n) is 4.85. The molecule has 0 spiro atoms. The van der Waals surface area contributed by atoms with E-state index < -0.39 is 0 Å². The van der Waals surface area contributed by atoms with E-state index in [-0.39, 0.29) is 0 Å². The van der Waals surface area contributed by atoms with Gasteiger partial charge in [-0.3, -0.25) is 4.68 Å². The minimum Gasteiger partial charge on any atom is -0.486 e. The molecule has 1 N–H and O–H groups in total. The zero-order valence-corrected chi connectivity index (χ0v) is 11.6. The molecule has 5 heteroatoms. The van der Waals surface area contributed by atoms with Crippen LogP contribution in [0.15, 0.2) is 30.5 Å². The van der Waals surface area contributed by atoms with Crippen LogP contribution in [0.4, 0.5) is 0 Å². The largest absolute Gasteiger partial charge is 0.486 e. The number of rotatable bonds is 5. The smallest absolute Gasteiger partial charge is 0.161 e. The second kappa shape index (κ2) is 5.96. The van der Waals surface area contributed by atoms with Crippen molar-refractivity contribution in [3.8, 4) is 11.5 Å². The van der Waals surface area contributed by atoms with Gasteiger partial charge in [-0.15, -0.1) is 0 Å². The van der Waals surface area contributed by atoms with Crippen LogP contribution in [0.25, 0.3) is 0 Å². The molecule has 2 heterocycles. The van der Waals surface area contributed by atoms with Crippen LogP contribution in [0.3, 0.4) is 0 Å². The summed E-state index contributed by atoms with van der Waals surface area (Å²) < 4.78 is 13.0. The lowest BCUT2D eigenvalue weighted by molar-refractivity contribution is 0.171. The van der Waals surface area contributed by atoms with Gasteiger partial charge in [-0.05, 0) is 23.8 Å². The van der Waals surface area contributed by atoms with Gasteiger partial charge in [0.15, 0.2) is 11.5 Å². The molecule has 0 atom stereocenters. The van der Waals surface area contributed by atoms with Crippen LogP contribution in [-0.4, -0.2) is 29.5 Å². The van der Waals surface area contributed by atoms with Crippen LogP contribution >= 0.6 is 0 Å². The predicted molar refractivity (Wildman–Crippen MR) is 76.1 cm³/mol. The van der Waals surface area contributed by atoms with Gasteiger partial charge in [0.25, 0.3) is 0 Å². The molecule has 106 valence electrons. The number of aryl methyl sites for hydroxylation is 1. The highest BCUT2D eigenvalue weighted by atomic mass is 16.6. The number of nitrogens with one attached hydrogen (secondary N) is 1. The first-order valence-electron chi connectivity index (χ1n) is 6.89. The van der Waals surface area contributed by atoms with Crippen LogP contribution in [0.1, 0.15) is 11.3 Å². The molecule has 1 aromatic heterocycles. The summed E-state index contributed by atoms with van der Waals surface area (Å²) in [4.78, 5) is 0. The first-order valence-corrected chi connectivity index (χ1v) is 6.89. The van der Waals surface area contributed by atoms with E-state index in [0.29, 0.717) is 13.2 Å². The number of hydrogen-bond acceptors (Lipinski definition) is 4. The highest BCUT2D eigenvalue weighted by Crippen LogP contribution is 2.30. The molecule has 0 amide bonds. The molecule has 0 saturated carbocycles. The van der Waals surface area contributed by atoms with Gasteiger partial charge in [-0.2, -0.15) is 5.10 Å². The molecule has 20 heavy (non-hydrogen) atoms. The zero-order valence-electron chi connectivity index (χ0n) is 11.6. The van der Waals surface area contributed by atoms with E-state index in [1.807, 2.05) is 36.1 Å². The lowest BCUT2D eigenvalue weighted by atomic mass is 10.2. The highest BCUT2D eigenvalue weighted by molar-refractivity contribution is 5.43. The maximum absolute atomic E-state index is 5.58. The first-order chi connectivity index (χ1) is 9.83. The van der Waals surface area contributed by atoms with Gasteiger partial charge in [0.1, 0.15) is 13.2 Å². The molecule has 0 radical (unpaired) electrons. The Kier molecular flexibility index (Phi) is 3.87. The third-order valence-corrected chi connectivity index (χ3v) is 3.42. The summed E-state index contributed by atoms with van der Waals surface area (Å²) in [5.74, 6) is 1.69. The molecule has 3 rings (SSSR count). The van der Waals surface area contributed by atoms with E-state index in [0.717, 1.165) is 31.0 Å². The zero-order chi connectivity index (χ0) is 13.8. The maximum atomic E-state index is 5.58. The minimum atomic E-state index is 0.629. The van der Waals surface area contributed by atoms with Gasteiger partial charge < -0.3 is 14.8 Å². The van der Waals surface area contributed by atoms with Crippen molar-refractivity contribution in [2.45, 2.75) is 13.0 Å². The van der Waals surface area contributed by atoms with Gasteiger partial charge >= 0.3 is 0 Å². The summed E-state index contributed by atoms with van der Waals surface area (Å²) in [6.45, 7) is 3.02. The van der Waals surface area contributed by atoms with Crippen molar-refractivity contribution in [3.63, 3.8) is 0 Å². The molecule has 1 aliphatic rings. The average Bonchev–Trinajstić information content (AvgIpc) is 2.89. The highest BCUT2D eigenvalue weighted by Gasteiger charge is 2.11. The standard InChI is InChI=1S/C15H19N3O2/c1-18-13(5-7-17-18)4-6-16-11-12-2-3-14-15(10-12)20-9-8-19-14/h2-3,5,7,10,16H,4,6,8-9,11H2,1H3. The molecular weight excluding hydrogens is 254 g/mol. The minimum absolute atomic E-state index is 0.629. The molecule has 5 nitrogen and oxygen atoms in total. The summed E-state index contributed by atoms with van der Waals surface area (Å²) in [6.07, 6.45) is 2.80. The van der Waals surface area contributed by atoms with Crippen LogP contribution < -0.4 is 14.8 Å². The third-order valence-electron chi connectivity index (χ3n) is 3.42. The van der Waals surface area contributed by atoms with Crippen LogP contribution in [-0.2, 0) is 20.0 Å². The summed E-state index contributed by atoms with van der Waals surface area (Å²) in [6, 6.07) is 8.15. The van der Waals surface area contributed by atoms with Gasteiger partial charge in [0, 0.05) is 38.4 Å². The number of aromatic nitrogens is 2. The third kappa shape index (κ3) is 2.93. The Labute approximate surface area is 118 Å². The molecule has 0 saturated heterocycles. The van der Waals surface area contributed by atoms with Gasteiger partial charge in [0.2, 0.25) is 0 Å². The molecule has 1 aliphatic heterocycles. The summed E-state index contributed by atoms with van der Waals surface area (Å²) in [7, 11) is 1.97. The van der Waals surface area contributed by atoms with Crippen molar-refractivity contribution in [2.24, 2.45) is 7.05 Å². The molecule has 1 aromatic carbocycles. The van der Waals surface area contributed by atoms with E-state index in [4.69, 9.17) is 9.47 Å². The predicted octanol–water partition coefficient (Wildman–Crippen LogP) is 1.52. The van der Waals surface area contributed by atoms with E-state index >= 15 is 0 Å². The number of fused-ring (bicyclic) bond motifs is 1. The van der Waals surface area contributed by atoms with Crippen LogP contribution in [0, 0.1) is 0 Å². The Morgan fingerprint density at radius 3 is 2.85 bits per heavy atom. The van der Waals surface area contributed by atoms with Crippen molar-refractivity contribution in [3.05, 3.63) is 41.7 Å². The average molecular weight is 273 g/mol. The number of hydrogen-bond donors (Lipinski definition) is 1.